The van der Waals surface area contributed by atoms with E-state index >= 15 is 0 Å². The first-order valence-corrected chi connectivity index (χ1v) is 6.37. The molecule has 0 radical (unpaired) electrons. The molecular formula is C14H17N3O. The molecule has 2 atom stereocenters. The van der Waals surface area contributed by atoms with E-state index in [1.54, 1.807) is 6.07 Å². The summed E-state index contributed by atoms with van der Waals surface area (Å²) in [5.74, 6) is -0.00211. The number of primary amides is 1. The number of amides is 1. The molecule has 1 heterocycles. The van der Waals surface area contributed by atoms with Gasteiger partial charge in [0.1, 0.15) is 0 Å². The van der Waals surface area contributed by atoms with Crippen molar-refractivity contribution in [1.82, 2.24) is 5.32 Å². The van der Waals surface area contributed by atoms with Crippen LogP contribution in [-0.4, -0.2) is 24.7 Å². The molecule has 3 N–H and O–H groups in total. The Morgan fingerprint density at radius 1 is 1.50 bits per heavy atom. The second-order valence-corrected chi connectivity index (χ2v) is 5.05. The monoisotopic (exact) mass is 243 g/mol. The van der Waals surface area contributed by atoms with Crippen LogP contribution in [0.3, 0.4) is 0 Å². The molecule has 1 amide bonds. The fourth-order valence-electron chi connectivity index (χ4n) is 2.98. The average molecular weight is 243 g/mol. The molecular weight excluding hydrogens is 226 g/mol. The third-order valence-electron chi connectivity index (χ3n) is 4.03. The number of hydrogen-bond donors (Lipinski definition) is 2. The second-order valence-electron chi connectivity index (χ2n) is 5.05. The normalized spacial score (nSPS) is 25.3. The number of carbonyl (C=O) groups is 1. The Balaban J connectivity index is 1.97. The molecule has 1 saturated carbocycles. The highest BCUT2D eigenvalue weighted by Crippen LogP contribution is 2.42. The Morgan fingerprint density at radius 3 is 3.06 bits per heavy atom. The zero-order valence-corrected chi connectivity index (χ0v) is 10.4. The van der Waals surface area contributed by atoms with Crippen LogP contribution >= 0.6 is 0 Å². The van der Waals surface area contributed by atoms with E-state index < -0.39 is 0 Å². The van der Waals surface area contributed by atoms with Gasteiger partial charge in [-0.25, -0.2) is 0 Å². The van der Waals surface area contributed by atoms with Crippen molar-refractivity contribution in [2.24, 2.45) is 10.7 Å². The lowest BCUT2D eigenvalue weighted by Crippen LogP contribution is -2.33. The van der Waals surface area contributed by atoms with Gasteiger partial charge in [0.15, 0.2) is 0 Å². The molecule has 0 bridgehead atoms. The predicted octanol–water partition coefficient (Wildman–Crippen LogP) is 1.73. The lowest BCUT2D eigenvalue weighted by Gasteiger charge is -2.27. The summed E-state index contributed by atoms with van der Waals surface area (Å²) >= 11 is 0. The van der Waals surface area contributed by atoms with Crippen LogP contribution in [0.1, 0.15) is 41.1 Å². The quantitative estimate of drug-likeness (QED) is 0.830. The van der Waals surface area contributed by atoms with Crippen molar-refractivity contribution in [2.45, 2.75) is 31.2 Å². The van der Waals surface area contributed by atoms with E-state index in [2.05, 4.69) is 10.3 Å². The van der Waals surface area contributed by atoms with Crippen molar-refractivity contribution in [3.63, 3.8) is 0 Å². The summed E-state index contributed by atoms with van der Waals surface area (Å²) in [6.45, 7) is 0. The SMILES string of the molecule is CN[C@H]1CCC2=Nc3ccc(C(N)=O)cc3C2C1. The van der Waals surface area contributed by atoms with Crippen molar-refractivity contribution in [1.29, 1.82) is 0 Å². The molecule has 2 aliphatic rings. The molecule has 94 valence electrons. The minimum atomic E-state index is -0.368. The molecule has 1 fully saturated rings. The maximum atomic E-state index is 11.3. The number of fused-ring (bicyclic) bond motifs is 3. The van der Waals surface area contributed by atoms with Crippen LogP contribution in [0.15, 0.2) is 23.2 Å². The van der Waals surface area contributed by atoms with E-state index in [1.807, 2.05) is 19.2 Å². The summed E-state index contributed by atoms with van der Waals surface area (Å²) in [5.41, 5.74) is 9.36. The molecule has 1 aliphatic carbocycles. The molecule has 4 heteroatoms. The van der Waals surface area contributed by atoms with Crippen molar-refractivity contribution in [3.8, 4) is 0 Å². The van der Waals surface area contributed by atoms with Gasteiger partial charge < -0.3 is 11.1 Å². The van der Waals surface area contributed by atoms with E-state index in [4.69, 9.17) is 5.73 Å². The molecule has 3 rings (SSSR count). The smallest absolute Gasteiger partial charge is 0.248 e. The molecule has 0 aromatic heterocycles. The molecule has 1 aliphatic heterocycles. The fraction of sp³-hybridized carbons (Fsp3) is 0.429. The van der Waals surface area contributed by atoms with Crippen molar-refractivity contribution >= 4 is 17.3 Å². The molecule has 4 nitrogen and oxygen atoms in total. The van der Waals surface area contributed by atoms with Gasteiger partial charge in [-0.3, -0.25) is 9.79 Å². The number of rotatable bonds is 2. The van der Waals surface area contributed by atoms with Gasteiger partial charge in [0.05, 0.1) is 5.69 Å². The van der Waals surface area contributed by atoms with Gasteiger partial charge in [-0.15, -0.1) is 0 Å². The van der Waals surface area contributed by atoms with Crippen LogP contribution in [0.2, 0.25) is 0 Å². The second kappa shape index (κ2) is 4.21. The van der Waals surface area contributed by atoms with E-state index in [-0.39, 0.29) is 5.91 Å². The number of benzene rings is 1. The van der Waals surface area contributed by atoms with Crippen LogP contribution in [0, 0.1) is 0 Å². The van der Waals surface area contributed by atoms with E-state index in [0.717, 1.165) is 24.9 Å². The number of hydrogen-bond acceptors (Lipinski definition) is 3. The highest BCUT2D eigenvalue weighted by molar-refractivity contribution is 6.00. The molecule has 18 heavy (non-hydrogen) atoms. The van der Waals surface area contributed by atoms with Crippen molar-refractivity contribution in [3.05, 3.63) is 29.3 Å². The summed E-state index contributed by atoms with van der Waals surface area (Å²) in [5, 5.41) is 3.34. The molecule has 1 unspecified atom stereocenters. The zero-order chi connectivity index (χ0) is 12.7. The first kappa shape index (κ1) is 11.4. The minimum absolute atomic E-state index is 0.366. The Labute approximate surface area is 106 Å². The summed E-state index contributed by atoms with van der Waals surface area (Å²) in [4.78, 5) is 15.9. The lowest BCUT2D eigenvalue weighted by atomic mass is 9.81. The average Bonchev–Trinajstić information content (AvgIpc) is 2.75. The number of nitrogens with zero attached hydrogens (tertiary/aromatic N) is 1. The highest BCUT2D eigenvalue weighted by atomic mass is 16.1. The molecule has 0 spiro atoms. The minimum Gasteiger partial charge on any atom is -0.366 e. The third-order valence-corrected chi connectivity index (χ3v) is 4.03. The maximum Gasteiger partial charge on any atom is 0.248 e. The van der Waals surface area contributed by atoms with Crippen LogP contribution in [0.25, 0.3) is 0 Å². The van der Waals surface area contributed by atoms with Gasteiger partial charge in [-0.1, -0.05) is 0 Å². The zero-order valence-electron chi connectivity index (χ0n) is 10.4. The molecule has 1 aromatic carbocycles. The largest absolute Gasteiger partial charge is 0.366 e. The predicted molar refractivity (Wildman–Crippen MR) is 71.5 cm³/mol. The topological polar surface area (TPSA) is 67.5 Å². The Bertz CT molecular complexity index is 536. The molecule has 1 aromatic rings. The van der Waals surface area contributed by atoms with Crippen LogP contribution in [-0.2, 0) is 0 Å². The van der Waals surface area contributed by atoms with Crippen LogP contribution in [0.4, 0.5) is 5.69 Å². The van der Waals surface area contributed by atoms with Gasteiger partial charge >= 0.3 is 0 Å². The summed E-state index contributed by atoms with van der Waals surface area (Å²) in [7, 11) is 2.00. The van der Waals surface area contributed by atoms with E-state index in [1.165, 1.54) is 11.3 Å². The van der Waals surface area contributed by atoms with Crippen LogP contribution in [0.5, 0.6) is 0 Å². The Hall–Kier alpha value is -1.68. The number of aliphatic imine (C=N–C) groups is 1. The Kier molecular flexibility index (Phi) is 2.67. The van der Waals surface area contributed by atoms with Gasteiger partial charge in [-0.2, -0.15) is 0 Å². The van der Waals surface area contributed by atoms with Gasteiger partial charge in [0.2, 0.25) is 5.91 Å². The summed E-state index contributed by atoms with van der Waals surface area (Å²) in [6.07, 6.45) is 3.24. The number of carbonyl (C=O) groups excluding carboxylic acids is 1. The number of nitrogens with two attached hydrogens (primary N) is 1. The summed E-state index contributed by atoms with van der Waals surface area (Å²) < 4.78 is 0. The van der Waals surface area contributed by atoms with Gasteiger partial charge in [0.25, 0.3) is 0 Å². The standard InChI is InChI=1S/C14H17N3O/c1-16-9-3-5-13-11(7-9)10-6-8(14(15)18)2-4-12(10)17-13/h2,4,6,9,11,16H,3,5,7H2,1H3,(H2,15,18)/t9-,11?/m0/s1. The fourth-order valence-corrected chi connectivity index (χ4v) is 2.98. The first-order chi connectivity index (χ1) is 8.69. The van der Waals surface area contributed by atoms with Gasteiger partial charge in [0, 0.05) is 23.2 Å². The highest BCUT2D eigenvalue weighted by Gasteiger charge is 2.33. The molecule has 0 saturated heterocycles. The third kappa shape index (κ3) is 1.73. The summed E-state index contributed by atoms with van der Waals surface area (Å²) in [6, 6.07) is 6.13. The van der Waals surface area contributed by atoms with E-state index in [0.29, 0.717) is 17.5 Å². The van der Waals surface area contributed by atoms with Crippen molar-refractivity contribution < 1.29 is 4.79 Å². The lowest BCUT2D eigenvalue weighted by molar-refractivity contribution is 0.1000. The van der Waals surface area contributed by atoms with Crippen molar-refractivity contribution in [2.75, 3.05) is 7.05 Å². The number of nitrogens with one attached hydrogen (secondary N) is 1. The van der Waals surface area contributed by atoms with E-state index in [9.17, 15) is 4.79 Å². The maximum absolute atomic E-state index is 11.3. The van der Waals surface area contributed by atoms with Gasteiger partial charge in [-0.05, 0) is 50.1 Å². The first-order valence-electron chi connectivity index (χ1n) is 6.37. The Morgan fingerprint density at radius 2 is 2.33 bits per heavy atom. The van der Waals surface area contributed by atoms with Crippen LogP contribution < -0.4 is 11.1 Å².